The van der Waals surface area contributed by atoms with Crippen LogP contribution in [0.3, 0.4) is 0 Å². The Morgan fingerprint density at radius 3 is 2.58 bits per heavy atom. The van der Waals surface area contributed by atoms with Gasteiger partial charge in [-0.3, -0.25) is 14.4 Å². The molecule has 0 aromatic heterocycles. The molecule has 24 heavy (non-hydrogen) atoms. The number of hydrogen-bond acceptors (Lipinski definition) is 5. The molecule has 8 heteroatoms. The maximum absolute atomic E-state index is 11.8. The van der Waals surface area contributed by atoms with Gasteiger partial charge in [0.1, 0.15) is 6.10 Å². The van der Waals surface area contributed by atoms with Gasteiger partial charge in [0.2, 0.25) is 11.8 Å². The molecule has 1 saturated heterocycles. The van der Waals surface area contributed by atoms with E-state index in [-0.39, 0.29) is 29.6 Å². The molecule has 136 valence electrons. The second kappa shape index (κ2) is 9.88. The summed E-state index contributed by atoms with van der Waals surface area (Å²) in [6.45, 7) is 1.59. The zero-order valence-electron chi connectivity index (χ0n) is 14.2. The highest BCUT2D eigenvalue weighted by atomic mass is 32.2. The third kappa shape index (κ3) is 5.98. The number of methoxy groups -OCH3 is 1. The van der Waals surface area contributed by atoms with Crippen molar-refractivity contribution in [2.45, 2.75) is 44.2 Å². The molecule has 3 amide bonds. The summed E-state index contributed by atoms with van der Waals surface area (Å²) in [7, 11) is 1.54. The molecule has 1 heterocycles. The first-order chi connectivity index (χ1) is 11.6. The fourth-order valence-electron chi connectivity index (χ4n) is 3.11. The molecule has 1 aliphatic carbocycles. The van der Waals surface area contributed by atoms with Gasteiger partial charge in [0.05, 0.1) is 11.5 Å². The summed E-state index contributed by atoms with van der Waals surface area (Å²) in [6.07, 6.45) is 4.87. The Balaban J connectivity index is 1.50. The van der Waals surface area contributed by atoms with Gasteiger partial charge in [-0.1, -0.05) is 12.8 Å². The second-order valence-electron chi connectivity index (χ2n) is 6.23. The fraction of sp³-hybridized carbons (Fsp3) is 0.812. The molecule has 0 spiro atoms. The number of nitrogens with zero attached hydrogens (tertiary/aromatic N) is 1. The average molecular weight is 357 g/mol. The zero-order valence-corrected chi connectivity index (χ0v) is 15.0. The molecule has 2 N–H and O–H groups in total. The lowest BCUT2D eigenvalue weighted by Crippen LogP contribution is -2.38. The molecule has 0 aromatic carbocycles. The van der Waals surface area contributed by atoms with E-state index < -0.39 is 0 Å². The maximum atomic E-state index is 11.8. The van der Waals surface area contributed by atoms with Gasteiger partial charge < -0.3 is 20.3 Å². The lowest BCUT2D eigenvalue weighted by Gasteiger charge is -2.16. The Hall–Kier alpha value is -1.28. The van der Waals surface area contributed by atoms with Gasteiger partial charge in [0.25, 0.3) is 5.91 Å². The van der Waals surface area contributed by atoms with Gasteiger partial charge in [-0.2, -0.15) is 0 Å². The molecule has 2 aliphatic rings. The number of nitrogens with one attached hydrogen (secondary N) is 2. The van der Waals surface area contributed by atoms with Crippen molar-refractivity contribution >= 4 is 29.5 Å². The highest BCUT2D eigenvalue weighted by Gasteiger charge is 2.30. The summed E-state index contributed by atoms with van der Waals surface area (Å²) < 4.78 is 5.08. The Labute approximate surface area is 147 Å². The summed E-state index contributed by atoms with van der Waals surface area (Å²) >= 11 is 1.32. The fourth-order valence-corrected chi connectivity index (χ4v) is 3.77. The van der Waals surface area contributed by atoms with Crippen molar-refractivity contribution in [1.82, 2.24) is 15.5 Å². The highest BCUT2D eigenvalue weighted by Crippen LogP contribution is 2.17. The third-order valence-corrected chi connectivity index (χ3v) is 5.36. The van der Waals surface area contributed by atoms with E-state index in [4.69, 9.17) is 4.74 Å². The molecule has 0 bridgehead atoms. The van der Waals surface area contributed by atoms with Crippen LogP contribution in [0.25, 0.3) is 0 Å². The average Bonchev–Trinajstić information content (AvgIpc) is 3.18. The van der Waals surface area contributed by atoms with E-state index in [0.29, 0.717) is 37.8 Å². The van der Waals surface area contributed by atoms with Crippen molar-refractivity contribution in [3.63, 3.8) is 0 Å². The number of thioether (sulfide) groups is 1. The first kappa shape index (κ1) is 19.1. The van der Waals surface area contributed by atoms with Crippen molar-refractivity contribution in [2.24, 2.45) is 0 Å². The molecule has 2 rings (SSSR count). The smallest absolute Gasteiger partial charge is 0.251 e. The minimum absolute atomic E-state index is 0.00738. The predicted octanol–water partition coefficient (Wildman–Crippen LogP) is 0.142. The van der Waals surface area contributed by atoms with Crippen LogP contribution in [0.4, 0.5) is 0 Å². The number of rotatable bonds is 9. The predicted molar refractivity (Wildman–Crippen MR) is 92.7 cm³/mol. The minimum Gasteiger partial charge on any atom is -0.372 e. The molecule has 7 nitrogen and oxygen atoms in total. The van der Waals surface area contributed by atoms with Gasteiger partial charge in [-0.05, 0) is 12.8 Å². The minimum atomic E-state index is -0.338. The van der Waals surface area contributed by atoms with Crippen LogP contribution in [0.15, 0.2) is 0 Å². The van der Waals surface area contributed by atoms with Gasteiger partial charge >= 0.3 is 0 Å². The molecule has 1 atom stereocenters. The Morgan fingerprint density at radius 2 is 1.92 bits per heavy atom. The highest BCUT2D eigenvalue weighted by molar-refractivity contribution is 8.00. The summed E-state index contributed by atoms with van der Waals surface area (Å²) in [4.78, 5) is 37.0. The summed E-state index contributed by atoms with van der Waals surface area (Å²) in [5.41, 5.74) is 0. The van der Waals surface area contributed by atoms with Crippen LogP contribution in [-0.2, 0) is 19.1 Å². The number of amides is 3. The van der Waals surface area contributed by atoms with Crippen LogP contribution in [0.1, 0.15) is 32.1 Å². The summed E-state index contributed by atoms with van der Waals surface area (Å²) in [5, 5.41) is 5.78. The number of hydrogen-bond donors (Lipinski definition) is 2. The van der Waals surface area contributed by atoms with Crippen molar-refractivity contribution in [2.75, 3.05) is 38.2 Å². The number of likely N-dealkylation sites (tertiary alicyclic amines) is 1. The molecular formula is C16H27N3O4S. The van der Waals surface area contributed by atoms with Crippen molar-refractivity contribution in [1.29, 1.82) is 0 Å². The maximum Gasteiger partial charge on any atom is 0.251 e. The Kier molecular flexibility index (Phi) is 7.84. The number of ether oxygens (including phenoxy) is 1. The lowest BCUT2D eigenvalue weighted by molar-refractivity contribution is -0.136. The molecule has 0 aromatic rings. The number of carbonyl (C=O) groups excluding carboxylic acids is 3. The monoisotopic (exact) mass is 357 g/mol. The molecule has 1 aliphatic heterocycles. The molecule has 2 fully saturated rings. The lowest BCUT2D eigenvalue weighted by atomic mass is 10.2. The Morgan fingerprint density at radius 1 is 1.21 bits per heavy atom. The zero-order chi connectivity index (χ0) is 17.4. The molecular weight excluding hydrogens is 330 g/mol. The number of carbonyl (C=O) groups is 3. The van der Waals surface area contributed by atoms with Gasteiger partial charge in [0, 0.05) is 39.2 Å². The van der Waals surface area contributed by atoms with Gasteiger partial charge in [0.15, 0.2) is 0 Å². The van der Waals surface area contributed by atoms with Gasteiger partial charge in [-0.15, -0.1) is 11.8 Å². The Bertz CT molecular complexity index is 455. The van der Waals surface area contributed by atoms with Crippen molar-refractivity contribution in [3.8, 4) is 0 Å². The second-order valence-corrected chi connectivity index (χ2v) is 7.22. The van der Waals surface area contributed by atoms with E-state index in [9.17, 15) is 14.4 Å². The van der Waals surface area contributed by atoms with Crippen LogP contribution >= 0.6 is 11.8 Å². The topological polar surface area (TPSA) is 87.7 Å². The van der Waals surface area contributed by atoms with E-state index in [2.05, 4.69) is 10.6 Å². The standard InChI is InChI=1S/C16H27N3O4S/c1-23-13-6-8-19(16(13)22)9-7-17-14(20)10-24-11-15(21)18-12-4-2-3-5-12/h12-13H,2-11H2,1H3,(H,17,20)(H,18,21)/t13-/m0/s1. The van der Waals surface area contributed by atoms with Crippen LogP contribution in [0.2, 0.25) is 0 Å². The SMILES string of the molecule is CO[C@H]1CCN(CCNC(=O)CSCC(=O)NC2CCCC2)C1=O. The van der Waals surface area contributed by atoms with E-state index in [0.717, 1.165) is 12.8 Å². The van der Waals surface area contributed by atoms with Crippen molar-refractivity contribution in [3.05, 3.63) is 0 Å². The van der Waals surface area contributed by atoms with Crippen LogP contribution < -0.4 is 10.6 Å². The quantitative estimate of drug-likeness (QED) is 0.613. The van der Waals surface area contributed by atoms with E-state index in [1.165, 1.54) is 31.7 Å². The van der Waals surface area contributed by atoms with E-state index >= 15 is 0 Å². The third-order valence-electron chi connectivity index (χ3n) is 4.42. The summed E-state index contributed by atoms with van der Waals surface area (Å²) in [6, 6.07) is 0.320. The molecule has 0 radical (unpaired) electrons. The largest absolute Gasteiger partial charge is 0.372 e. The van der Waals surface area contributed by atoms with Crippen molar-refractivity contribution < 1.29 is 19.1 Å². The van der Waals surface area contributed by atoms with Crippen LogP contribution in [0, 0.1) is 0 Å². The molecule has 0 unspecified atom stereocenters. The van der Waals surface area contributed by atoms with Gasteiger partial charge in [-0.25, -0.2) is 0 Å². The molecule has 1 saturated carbocycles. The first-order valence-corrected chi connectivity index (χ1v) is 9.71. The normalized spacial score (nSPS) is 21.3. The first-order valence-electron chi connectivity index (χ1n) is 8.55. The van der Waals surface area contributed by atoms with E-state index in [1.807, 2.05) is 0 Å². The van der Waals surface area contributed by atoms with Crippen LogP contribution in [-0.4, -0.2) is 73.0 Å². The summed E-state index contributed by atoms with van der Waals surface area (Å²) in [5.74, 6) is 0.456. The van der Waals surface area contributed by atoms with Crippen LogP contribution in [0.5, 0.6) is 0 Å². The van der Waals surface area contributed by atoms with E-state index in [1.54, 1.807) is 4.90 Å².